The normalized spacial score (nSPS) is 20.7. The molecular formula is C23H26ClN3O3. The standard InChI is InChI=1S/C23H26ClN3O3/c1-15(28)27-12-10-23(11-13-27)25-19(16-6-8-17(24)9-7-16)14-20(26-23)18-4-3-5-21(30-2)22(18)29/h3-9,20,26,29H,10-14H2,1-2H3. The number of hydrogen-bond donors (Lipinski definition) is 2. The number of phenols is 1. The minimum Gasteiger partial charge on any atom is -0.504 e. The van der Waals surface area contributed by atoms with Crippen LogP contribution in [0.1, 0.15) is 43.4 Å². The van der Waals surface area contributed by atoms with Gasteiger partial charge in [0.05, 0.1) is 7.11 Å². The maximum atomic E-state index is 11.8. The molecule has 0 bridgehead atoms. The van der Waals surface area contributed by atoms with Gasteiger partial charge in [0.1, 0.15) is 5.66 Å². The van der Waals surface area contributed by atoms with Crippen LogP contribution in [-0.4, -0.2) is 47.5 Å². The van der Waals surface area contributed by atoms with Gasteiger partial charge in [0.2, 0.25) is 5.91 Å². The van der Waals surface area contributed by atoms with Gasteiger partial charge in [-0.3, -0.25) is 15.1 Å². The summed E-state index contributed by atoms with van der Waals surface area (Å²) in [5.74, 6) is 0.682. The molecule has 2 aliphatic rings. The SMILES string of the molecule is COc1cccc(C2CC(c3ccc(Cl)cc3)=NC3(CCN(C(C)=O)CC3)N2)c1O. The third-order valence-electron chi connectivity index (χ3n) is 6.03. The first-order valence-electron chi connectivity index (χ1n) is 10.1. The van der Waals surface area contributed by atoms with Crippen molar-refractivity contribution in [2.75, 3.05) is 20.2 Å². The van der Waals surface area contributed by atoms with Gasteiger partial charge in [0.15, 0.2) is 11.5 Å². The van der Waals surface area contributed by atoms with Crippen LogP contribution in [0.5, 0.6) is 11.5 Å². The van der Waals surface area contributed by atoms with Crippen molar-refractivity contribution < 1.29 is 14.6 Å². The Morgan fingerprint density at radius 3 is 2.57 bits per heavy atom. The molecule has 4 rings (SSSR count). The summed E-state index contributed by atoms with van der Waals surface area (Å²) in [5.41, 5.74) is 2.28. The summed E-state index contributed by atoms with van der Waals surface area (Å²) < 4.78 is 5.31. The Kier molecular flexibility index (Phi) is 5.71. The lowest BCUT2D eigenvalue weighted by Gasteiger charge is -2.45. The van der Waals surface area contributed by atoms with E-state index in [1.54, 1.807) is 20.1 Å². The number of para-hydroxylation sites is 1. The summed E-state index contributed by atoms with van der Waals surface area (Å²) in [5, 5.41) is 15.1. The fourth-order valence-corrected chi connectivity index (χ4v) is 4.48. The molecule has 1 atom stereocenters. The summed E-state index contributed by atoms with van der Waals surface area (Å²) >= 11 is 6.08. The van der Waals surface area contributed by atoms with Crippen molar-refractivity contribution in [2.24, 2.45) is 4.99 Å². The molecule has 1 spiro atoms. The van der Waals surface area contributed by atoms with Crippen LogP contribution >= 0.6 is 11.6 Å². The smallest absolute Gasteiger partial charge is 0.219 e. The second-order valence-electron chi connectivity index (χ2n) is 7.90. The Morgan fingerprint density at radius 1 is 1.23 bits per heavy atom. The number of aliphatic imine (C=N–C) groups is 1. The summed E-state index contributed by atoms with van der Waals surface area (Å²) in [6.45, 7) is 2.90. The Labute approximate surface area is 181 Å². The van der Waals surface area contributed by atoms with Gasteiger partial charge in [0, 0.05) is 61.6 Å². The molecule has 1 saturated heterocycles. The van der Waals surface area contributed by atoms with Crippen molar-refractivity contribution in [1.82, 2.24) is 10.2 Å². The highest BCUT2D eigenvalue weighted by atomic mass is 35.5. The molecule has 0 aromatic heterocycles. The number of rotatable bonds is 3. The van der Waals surface area contributed by atoms with Crippen LogP contribution in [0.4, 0.5) is 0 Å². The Morgan fingerprint density at radius 2 is 1.93 bits per heavy atom. The molecule has 30 heavy (non-hydrogen) atoms. The summed E-state index contributed by atoms with van der Waals surface area (Å²) in [6, 6.07) is 13.1. The average Bonchev–Trinajstić information content (AvgIpc) is 2.74. The second-order valence-corrected chi connectivity index (χ2v) is 8.34. The van der Waals surface area contributed by atoms with Gasteiger partial charge >= 0.3 is 0 Å². The number of carbonyl (C=O) groups excluding carboxylic acids is 1. The molecule has 6 nitrogen and oxygen atoms in total. The molecule has 2 aromatic rings. The number of hydrogen-bond acceptors (Lipinski definition) is 5. The Bertz CT molecular complexity index is 966. The number of nitrogens with one attached hydrogen (secondary N) is 1. The average molecular weight is 428 g/mol. The molecular weight excluding hydrogens is 402 g/mol. The molecule has 7 heteroatoms. The van der Waals surface area contributed by atoms with E-state index < -0.39 is 5.66 Å². The van der Waals surface area contributed by atoms with Crippen molar-refractivity contribution in [1.29, 1.82) is 0 Å². The van der Waals surface area contributed by atoms with E-state index in [0.717, 1.165) is 16.8 Å². The minimum atomic E-state index is -0.487. The first kappa shape index (κ1) is 20.7. The molecule has 0 saturated carbocycles. The molecule has 1 unspecified atom stereocenters. The van der Waals surface area contributed by atoms with Crippen molar-refractivity contribution >= 4 is 23.2 Å². The maximum absolute atomic E-state index is 11.8. The first-order chi connectivity index (χ1) is 14.4. The monoisotopic (exact) mass is 427 g/mol. The lowest BCUT2D eigenvalue weighted by Crippen LogP contribution is -2.56. The quantitative estimate of drug-likeness (QED) is 0.778. The zero-order valence-electron chi connectivity index (χ0n) is 17.2. The van der Waals surface area contributed by atoms with Crippen LogP contribution in [0.3, 0.4) is 0 Å². The number of methoxy groups -OCH3 is 1. The molecule has 2 N–H and O–H groups in total. The van der Waals surface area contributed by atoms with Crippen LogP contribution in [0.15, 0.2) is 47.5 Å². The van der Waals surface area contributed by atoms with Gasteiger partial charge in [-0.05, 0) is 23.8 Å². The fraction of sp³-hybridized carbons (Fsp3) is 0.391. The van der Waals surface area contributed by atoms with Crippen LogP contribution in [-0.2, 0) is 4.79 Å². The van der Waals surface area contributed by atoms with Gasteiger partial charge in [-0.2, -0.15) is 0 Å². The molecule has 1 amide bonds. The summed E-state index contributed by atoms with van der Waals surface area (Å²) in [6.07, 6.45) is 2.05. The van der Waals surface area contributed by atoms with Gasteiger partial charge < -0.3 is 14.7 Å². The van der Waals surface area contributed by atoms with E-state index >= 15 is 0 Å². The molecule has 2 heterocycles. The zero-order chi connectivity index (χ0) is 21.3. The molecule has 158 valence electrons. The summed E-state index contributed by atoms with van der Waals surface area (Å²) in [7, 11) is 1.55. The molecule has 0 aliphatic carbocycles. The predicted molar refractivity (Wildman–Crippen MR) is 117 cm³/mol. The lowest BCUT2D eigenvalue weighted by molar-refractivity contribution is -0.130. The number of amides is 1. The molecule has 2 aliphatic heterocycles. The topological polar surface area (TPSA) is 74.2 Å². The van der Waals surface area contributed by atoms with Gasteiger partial charge in [-0.15, -0.1) is 0 Å². The zero-order valence-corrected chi connectivity index (χ0v) is 17.9. The number of halogens is 1. The van der Waals surface area contributed by atoms with Crippen LogP contribution in [0.25, 0.3) is 0 Å². The maximum Gasteiger partial charge on any atom is 0.219 e. The van der Waals surface area contributed by atoms with Crippen LogP contribution in [0, 0.1) is 0 Å². The van der Waals surface area contributed by atoms with Crippen molar-refractivity contribution in [3.05, 3.63) is 58.6 Å². The van der Waals surface area contributed by atoms with E-state index in [9.17, 15) is 9.90 Å². The number of phenolic OH excluding ortho intramolecular Hbond substituents is 1. The minimum absolute atomic E-state index is 0.0875. The van der Waals surface area contributed by atoms with Crippen LogP contribution in [0.2, 0.25) is 5.02 Å². The first-order valence-corrected chi connectivity index (χ1v) is 10.5. The van der Waals surface area contributed by atoms with Gasteiger partial charge in [-0.1, -0.05) is 35.9 Å². The van der Waals surface area contributed by atoms with Gasteiger partial charge in [-0.25, -0.2) is 0 Å². The second kappa shape index (κ2) is 8.28. The van der Waals surface area contributed by atoms with Crippen molar-refractivity contribution in [3.8, 4) is 11.5 Å². The van der Waals surface area contributed by atoms with E-state index in [4.69, 9.17) is 21.3 Å². The largest absolute Gasteiger partial charge is 0.504 e. The van der Waals surface area contributed by atoms with Crippen LogP contribution < -0.4 is 10.1 Å². The molecule has 0 radical (unpaired) electrons. The number of likely N-dealkylation sites (tertiary alicyclic amines) is 1. The molecule has 2 aromatic carbocycles. The van der Waals surface area contributed by atoms with Gasteiger partial charge in [0.25, 0.3) is 0 Å². The highest BCUT2D eigenvalue weighted by molar-refractivity contribution is 6.30. The van der Waals surface area contributed by atoms with E-state index in [1.807, 2.05) is 41.3 Å². The number of benzene rings is 2. The number of carbonyl (C=O) groups is 1. The Hall–Kier alpha value is -2.57. The predicted octanol–water partition coefficient (Wildman–Crippen LogP) is 3.92. The number of nitrogens with zero attached hydrogens (tertiary/aromatic N) is 2. The number of ether oxygens (including phenoxy) is 1. The Balaban J connectivity index is 1.72. The number of aromatic hydroxyl groups is 1. The highest BCUT2D eigenvalue weighted by Crippen LogP contribution is 2.40. The van der Waals surface area contributed by atoms with E-state index in [-0.39, 0.29) is 17.7 Å². The number of piperidine rings is 1. The molecule has 1 fully saturated rings. The fourth-order valence-electron chi connectivity index (χ4n) is 4.35. The summed E-state index contributed by atoms with van der Waals surface area (Å²) in [4.78, 5) is 18.8. The van der Waals surface area contributed by atoms with Crippen molar-refractivity contribution in [3.63, 3.8) is 0 Å². The van der Waals surface area contributed by atoms with E-state index in [1.165, 1.54) is 0 Å². The van der Waals surface area contributed by atoms with Crippen molar-refractivity contribution in [2.45, 2.75) is 37.9 Å². The van der Waals surface area contributed by atoms with E-state index in [0.29, 0.717) is 43.1 Å². The lowest BCUT2D eigenvalue weighted by atomic mass is 9.87. The third kappa shape index (κ3) is 4.02. The third-order valence-corrected chi connectivity index (χ3v) is 6.28. The van der Waals surface area contributed by atoms with E-state index in [2.05, 4.69) is 5.32 Å². The highest BCUT2D eigenvalue weighted by Gasteiger charge is 2.41.